The van der Waals surface area contributed by atoms with Crippen LogP contribution in [0.15, 0.2) is 35.1 Å². The molecule has 1 aliphatic rings. The fraction of sp³-hybridized carbons (Fsp3) is 0.444. The minimum absolute atomic E-state index is 0.00788. The first-order valence-corrected chi connectivity index (χ1v) is 12.8. The number of ether oxygens (including phenoxy) is 2. The Hall–Kier alpha value is -2.77. The number of nitrogens with zero attached hydrogens (tertiary/aromatic N) is 3. The average molecular weight is 478 g/mol. The van der Waals surface area contributed by atoms with Crippen LogP contribution < -0.4 is 10.3 Å². The molecule has 0 spiro atoms. The van der Waals surface area contributed by atoms with Crippen LogP contribution in [0.25, 0.3) is 20.4 Å². The molecule has 0 radical (unpaired) electrons. The van der Waals surface area contributed by atoms with E-state index in [4.69, 9.17) is 19.4 Å². The van der Waals surface area contributed by atoms with Gasteiger partial charge in [0.15, 0.2) is 0 Å². The van der Waals surface area contributed by atoms with Gasteiger partial charge in [0.25, 0.3) is 5.56 Å². The highest BCUT2D eigenvalue weighted by atomic mass is 32.1. The van der Waals surface area contributed by atoms with Crippen LogP contribution in [-0.4, -0.2) is 26.2 Å². The fourth-order valence-electron chi connectivity index (χ4n) is 4.48. The Balaban J connectivity index is 1.59. The van der Waals surface area contributed by atoms with E-state index in [9.17, 15) is 4.79 Å². The molecule has 1 aromatic carbocycles. The van der Waals surface area contributed by atoms with Crippen molar-refractivity contribution in [2.45, 2.75) is 78.7 Å². The monoisotopic (exact) mass is 477 g/mol. The number of pyridine rings is 1. The maximum absolute atomic E-state index is 13.7. The standard InChI is InChI=1S/C27H31N3O3S/c1-6-7-22-29-23-20-12-18-15-32-27(4,5)13-21(18)28-25(20)34-24(23)26(31)30(22)14-17-8-10-19(11-9-17)33-16(2)3/h8-12,16H,6-7,13-15H2,1-5H3. The van der Waals surface area contributed by atoms with E-state index in [-0.39, 0.29) is 17.3 Å². The molecule has 0 amide bonds. The third-order valence-electron chi connectivity index (χ3n) is 6.14. The van der Waals surface area contributed by atoms with Crippen molar-refractivity contribution in [2.75, 3.05) is 0 Å². The van der Waals surface area contributed by atoms with Gasteiger partial charge >= 0.3 is 0 Å². The van der Waals surface area contributed by atoms with Gasteiger partial charge in [-0.15, -0.1) is 11.3 Å². The molecule has 0 N–H and O–H groups in total. The minimum Gasteiger partial charge on any atom is -0.491 e. The van der Waals surface area contributed by atoms with Crippen LogP contribution in [0.1, 0.15) is 63.7 Å². The number of hydrogen-bond donors (Lipinski definition) is 0. The van der Waals surface area contributed by atoms with Crippen molar-refractivity contribution >= 4 is 31.8 Å². The van der Waals surface area contributed by atoms with Crippen molar-refractivity contribution in [2.24, 2.45) is 0 Å². The molecule has 5 rings (SSSR count). The van der Waals surface area contributed by atoms with Crippen LogP contribution in [0.4, 0.5) is 0 Å². The predicted molar refractivity (Wildman–Crippen MR) is 137 cm³/mol. The maximum atomic E-state index is 13.7. The van der Waals surface area contributed by atoms with Crippen molar-refractivity contribution in [3.63, 3.8) is 0 Å². The highest BCUT2D eigenvalue weighted by Gasteiger charge is 2.28. The molecule has 0 aliphatic carbocycles. The number of hydrogen-bond acceptors (Lipinski definition) is 6. The maximum Gasteiger partial charge on any atom is 0.271 e. The van der Waals surface area contributed by atoms with E-state index < -0.39 is 0 Å². The zero-order valence-corrected chi connectivity index (χ0v) is 21.3. The Bertz CT molecular complexity index is 1420. The van der Waals surface area contributed by atoms with Crippen molar-refractivity contribution in [1.82, 2.24) is 14.5 Å². The summed E-state index contributed by atoms with van der Waals surface area (Å²) in [6.45, 7) is 11.3. The Kier molecular flexibility index (Phi) is 5.94. The van der Waals surface area contributed by atoms with Crippen molar-refractivity contribution in [1.29, 1.82) is 0 Å². The lowest BCUT2D eigenvalue weighted by atomic mass is 9.95. The Morgan fingerprint density at radius 1 is 1.21 bits per heavy atom. The van der Waals surface area contributed by atoms with Crippen LogP contribution in [-0.2, 0) is 30.7 Å². The molecule has 0 fully saturated rings. The number of benzene rings is 1. The Morgan fingerprint density at radius 2 is 1.97 bits per heavy atom. The van der Waals surface area contributed by atoms with Crippen molar-refractivity contribution in [3.8, 4) is 5.75 Å². The van der Waals surface area contributed by atoms with Gasteiger partial charge in [-0.3, -0.25) is 9.36 Å². The smallest absolute Gasteiger partial charge is 0.271 e. The second kappa shape index (κ2) is 8.78. The first-order chi connectivity index (χ1) is 16.2. The first kappa shape index (κ1) is 23.0. The third kappa shape index (κ3) is 4.34. The van der Waals surface area contributed by atoms with Crippen molar-refractivity contribution in [3.05, 3.63) is 63.3 Å². The van der Waals surface area contributed by atoms with Gasteiger partial charge in [0.2, 0.25) is 0 Å². The summed E-state index contributed by atoms with van der Waals surface area (Å²) >= 11 is 1.45. The normalized spacial score (nSPS) is 15.2. The third-order valence-corrected chi connectivity index (χ3v) is 7.21. The molecule has 0 bridgehead atoms. The zero-order valence-electron chi connectivity index (χ0n) is 20.5. The summed E-state index contributed by atoms with van der Waals surface area (Å²) in [7, 11) is 0. The topological polar surface area (TPSA) is 66.2 Å². The molecule has 0 saturated heterocycles. The lowest BCUT2D eigenvalue weighted by Crippen LogP contribution is -2.32. The van der Waals surface area contributed by atoms with Gasteiger partial charge in [0.05, 0.1) is 36.1 Å². The van der Waals surface area contributed by atoms with E-state index >= 15 is 0 Å². The van der Waals surface area contributed by atoms with Gasteiger partial charge in [-0.1, -0.05) is 19.1 Å². The van der Waals surface area contributed by atoms with Crippen LogP contribution in [0.5, 0.6) is 5.75 Å². The summed E-state index contributed by atoms with van der Waals surface area (Å²) < 4.78 is 14.3. The minimum atomic E-state index is -0.223. The molecule has 178 valence electrons. The lowest BCUT2D eigenvalue weighted by Gasteiger charge is -2.30. The molecule has 4 aromatic rings. The van der Waals surface area contributed by atoms with E-state index in [1.54, 1.807) is 0 Å². The first-order valence-electron chi connectivity index (χ1n) is 12.0. The summed E-state index contributed by atoms with van der Waals surface area (Å²) in [4.78, 5) is 24.5. The summed E-state index contributed by atoms with van der Waals surface area (Å²) in [6.07, 6.45) is 2.55. The van der Waals surface area contributed by atoms with E-state index in [1.807, 2.05) is 42.7 Å². The molecule has 7 heteroatoms. The number of rotatable bonds is 6. The van der Waals surface area contributed by atoms with Crippen LogP contribution in [0.3, 0.4) is 0 Å². The van der Waals surface area contributed by atoms with Gasteiger partial charge in [-0.25, -0.2) is 9.97 Å². The molecular formula is C27H31N3O3S. The summed E-state index contributed by atoms with van der Waals surface area (Å²) in [5, 5.41) is 0.957. The van der Waals surface area contributed by atoms with Gasteiger partial charge in [0, 0.05) is 23.8 Å². The second-order valence-electron chi connectivity index (χ2n) is 9.93. The highest BCUT2D eigenvalue weighted by molar-refractivity contribution is 7.25. The van der Waals surface area contributed by atoms with E-state index in [2.05, 4.69) is 26.8 Å². The fourth-order valence-corrected chi connectivity index (χ4v) is 5.55. The van der Waals surface area contributed by atoms with Crippen molar-refractivity contribution < 1.29 is 9.47 Å². The number of thiophene rings is 1. The number of aromatic nitrogens is 3. The van der Waals surface area contributed by atoms with E-state index in [0.29, 0.717) is 17.9 Å². The number of fused-ring (bicyclic) bond motifs is 4. The van der Waals surface area contributed by atoms with Gasteiger partial charge < -0.3 is 9.47 Å². The molecule has 34 heavy (non-hydrogen) atoms. The lowest BCUT2D eigenvalue weighted by molar-refractivity contribution is -0.0411. The molecule has 1 aliphatic heterocycles. The molecule has 0 atom stereocenters. The molecule has 3 aromatic heterocycles. The van der Waals surface area contributed by atoms with Gasteiger partial charge in [0.1, 0.15) is 21.1 Å². The summed E-state index contributed by atoms with van der Waals surface area (Å²) in [6, 6.07) is 10.1. The number of aryl methyl sites for hydroxylation is 1. The zero-order chi connectivity index (χ0) is 24.0. The molecule has 6 nitrogen and oxygen atoms in total. The SMILES string of the molecule is CCCc1nc2c(sc3nc4c(cc32)COC(C)(C)C4)c(=O)n1Cc1ccc(OC(C)C)cc1. The largest absolute Gasteiger partial charge is 0.491 e. The molecule has 0 unspecified atom stereocenters. The Morgan fingerprint density at radius 3 is 2.68 bits per heavy atom. The van der Waals surface area contributed by atoms with Crippen LogP contribution >= 0.6 is 11.3 Å². The van der Waals surface area contributed by atoms with Gasteiger partial charge in [-0.05, 0) is 57.9 Å². The predicted octanol–water partition coefficient (Wildman–Crippen LogP) is 5.65. The quantitative estimate of drug-likeness (QED) is 0.359. The molecule has 4 heterocycles. The summed E-state index contributed by atoms with van der Waals surface area (Å²) in [5.41, 5.74) is 3.76. The van der Waals surface area contributed by atoms with E-state index in [1.165, 1.54) is 11.3 Å². The average Bonchev–Trinajstić information content (AvgIpc) is 3.13. The van der Waals surface area contributed by atoms with E-state index in [0.717, 1.165) is 63.4 Å². The molecular weight excluding hydrogens is 446 g/mol. The second-order valence-corrected chi connectivity index (χ2v) is 10.9. The highest BCUT2D eigenvalue weighted by Crippen LogP contribution is 2.35. The van der Waals surface area contributed by atoms with Gasteiger partial charge in [-0.2, -0.15) is 0 Å². The van der Waals surface area contributed by atoms with Crippen LogP contribution in [0, 0.1) is 0 Å². The summed E-state index contributed by atoms with van der Waals surface area (Å²) in [5.74, 6) is 1.65. The molecule has 0 saturated carbocycles. The van der Waals surface area contributed by atoms with Crippen LogP contribution in [0.2, 0.25) is 0 Å². The Labute approximate surface area is 203 Å².